The zero-order chi connectivity index (χ0) is 21.9. The average molecular weight is 451 g/mol. The molecule has 0 saturated carbocycles. The largest absolute Gasteiger partial charge is 0.496 e. The van der Waals surface area contributed by atoms with Gasteiger partial charge in [-0.05, 0) is 50.1 Å². The van der Waals surface area contributed by atoms with Gasteiger partial charge in [0.1, 0.15) is 5.75 Å². The molecule has 2 unspecified atom stereocenters. The number of hydrogen-bond acceptors (Lipinski definition) is 4. The van der Waals surface area contributed by atoms with Gasteiger partial charge in [0.2, 0.25) is 15.9 Å². The molecule has 2 aromatic rings. The smallest absolute Gasteiger partial charge is 0.243 e. The van der Waals surface area contributed by atoms with E-state index < -0.39 is 10.0 Å². The number of nitrogens with zero attached hydrogens (tertiary/aromatic N) is 2. The van der Waals surface area contributed by atoms with Crippen molar-refractivity contribution in [2.75, 3.05) is 27.2 Å². The van der Waals surface area contributed by atoms with E-state index in [4.69, 9.17) is 16.3 Å². The number of amides is 1. The number of carbonyl (C=O) groups excluding carboxylic acids is 1. The minimum absolute atomic E-state index is 0.0654. The van der Waals surface area contributed by atoms with Gasteiger partial charge < -0.3 is 9.64 Å². The first kappa shape index (κ1) is 22.6. The van der Waals surface area contributed by atoms with Crippen LogP contribution in [0.1, 0.15) is 31.4 Å². The molecule has 0 aliphatic carbocycles. The number of hydrogen-bond donors (Lipinski definition) is 0. The Balaban J connectivity index is 1.75. The lowest BCUT2D eigenvalue weighted by Gasteiger charge is -2.35. The van der Waals surface area contributed by atoms with Crippen molar-refractivity contribution in [1.29, 1.82) is 0 Å². The van der Waals surface area contributed by atoms with E-state index in [0.717, 1.165) is 11.3 Å². The molecule has 3 rings (SSSR count). The summed E-state index contributed by atoms with van der Waals surface area (Å²) in [5, 5.41) is 0.479. The lowest BCUT2D eigenvalue weighted by atomic mass is 9.96. The maximum atomic E-state index is 13.2. The van der Waals surface area contributed by atoms with E-state index in [1.165, 1.54) is 16.4 Å². The van der Waals surface area contributed by atoms with Gasteiger partial charge in [0, 0.05) is 30.7 Å². The third-order valence-electron chi connectivity index (χ3n) is 5.70. The first-order valence-corrected chi connectivity index (χ1v) is 11.7. The molecule has 1 heterocycles. The van der Waals surface area contributed by atoms with E-state index in [-0.39, 0.29) is 29.3 Å². The summed E-state index contributed by atoms with van der Waals surface area (Å²) in [7, 11) is -0.309. The molecule has 1 amide bonds. The van der Waals surface area contributed by atoms with E-state index >= 15 is 0 Å². The summed E-state index contributed by atoms with van der Waals surface area (Å²) in [4.78, 5) is 15.1. The summed E-state index contributed by atoms with van der Waals surface area (Å²) < 4.78 is 32.9. The van der Waals surface area contributed by atoms with Crippen molar-refractivity contribution in [3.8, 4) is 5.75 Å². The summed E-state index contributed by atoms with van der Waals surface area (Å²) in [6.45, 7) is 2.52. The molecule has 1 saturated heterocycles. The van der Waals surface area contributed by atoms with Gasteiger partial charge in [-0.2, -0.15) is 4.31 Å². The van der Waals surface area contributed by atoms with E-state index in [1.807, 2.05) is 31.2 Å². The average Bonchev–Trinajstić information content (AvgIpc) is 2.78. The molecule has 2 atom stereocenters. The number of rotatable bonds is 6. The molecule has 1 aliphatic heterocycles. The molecule has 6 nitrogen and oxygen atoms in total. The van der Waals surface area contributed by atoms with E-state index in [2.05, 4.69) is 0 Å². The van der Waals surface area contributed by atoms with Gasteiger partial charge in [-0.1, -0.05) is 29.8 Å². The number of carbonyl (C=O) groups is 1. The van der Waals surface area contributed by atoms with Crippen molar-refractivity contribution in [3.63, 3.8) is 0 Å². The molecule has 1 fully saturated rings. The number of ether oxygens (including phenoxy) is 1. The third kappa shape index (κ3) is 4.63. The molecule has 1 aliphatic rings. The van der Waals surface area contributed by atoms with Crippen LogP contribution < -0.4 is 4.74 Å². The molecule has 0 radical (unpaired) electrons. The minimum Gasteiger partial charge on any atom is -0.496 e. The fourth-order valence-electron chi connectivity index (χ4n) is 3.82. The van der Waals surface area contributed by atoms with Crippen LogP contribution in [0.3, 0.4) is 0 Å². The number of methoxy groups -OCH3 is 1. The number of benzene rings is 2. The predicted octanol–water partition coefficient (Wildman–Crippen LogP) is 3.97. The summed E-state index contributed by atoms with van der Waals surface area (Å²) in [5.74, 6) is 0.271. The lowest BCUT2D eigenvalue weighted by molar-refractivity contribution is -0.137. The number of piperidine rings is 1. The Labute approximate surface area is 183 Å². The molecule has 0 aromatic heterocycles. The second kappa shape index (κ2) is 9.37. The topological polar surface area (TPSA) is 66.9 Å². The molecular formula is C22H27ClN2O4S. The van der Waals surface area contributed by atoms with E-state index in [1.54, 1.807) is 31.2 Å². The van der Waals surface area contributed by atoms with Crippen molar-refractivity contribution in [1.82, 2.24) is 9.21 Å². The van der Waals surface area contributed by atoms with Crippen LogP contribution in [0.2, 0.25) is 5.02 Å². The molecule has 2 aromatic carbocycles. The standard InChI is InChI=1S/C22H27ClN2O4S/c1-16(20-8-4-5-9-21(20)29-3)24(2)22(26)17-7-6-14-25(15-17)30(27,28)19-12-10-18(23)11-13-19/h4-5,8-13,16-17H,6-7,14-15H2,1-3H3. The molecule has 8 heteroatoms. The summed E-state index contributed by atoms with van der Waals surface area (Å²) in [6, 6.07) is 13.5. The van der Waals surface area contributed by atoms with E-state index in [9.17, 15) is 13.2 Å². The molecule has 0 N–H and O–H groups in total. The Kier molecular flexibility index (Phi) is 7.06. The molecule has 0 spiro atoms. The van der Waals surface area contributed by atoms with Crippen LogP contribution in [0, 0.1) is 5.92 Å². The van der Waals surface area contributed by atoms with Crippen molar-refractivity contribution in [2.24, 2.45) is 5.92 Å². The Bertz CT molecular complexity index is 994. The number of para-hydroxylation sites is 1. The van der Waals surface area contributed by atoms with Crippen molar-refractivity contribution < 1.29 is 17.9 Å². The zero-order valence-electron chi connectivity index (χ0n) is 17.4. The SMILES string of the molecule is COc1ccccc1C(C)N(C)C(=O)C1CCCN(S(=O)(=O)c2ccc(Cl)cc2)C1. The fraction of sp³-hybridized carbons (Fsp3) is 0.409. The maximum absolute atomic E-state index is 13.2. The summed E-state index contributed by atoms with van der Waals surface area (Å²) >= 11 is 5.88. The molecular weight excluding hydrogens is 424 g/mol. The van der Waals surface area contributed by atoms with Crippen LogP contribution in [0.5, 0.6) is 5.75 Å². The molecule has 30 heavy (non-hydrogen) atoms. The van der Waals surface area contributed by atoms with Gasteiger partial charge in [0.25, 0.3) is 0 Å². The van der Waals surface area contributed by atoms with Gasteiger partial charge in [0.15, 0.2) is 0 Å². The Morgan fingerprint density at radius 3 is 2.53 bits per heavy atom. The van der Waals surface area contributed by atoms with Crippen LogP contribution in [0.15, 0.2) is 53.4 Å². The number of halogens is 1. The van der Waals surface area contributed by atoms with Crippen molar-refractivity contribution in [2.45, 2.75) is 30.7 Å². The molecule has 0 bridgehead atoms. The Morgan fingerprint density at radius 2 is 1.87 bits per heavy atom. The van der Waals surface area contributed by atoms with Crippen molar-refractivity contribution in [3.05, 3.63) is 59.1 Å². The predicted molar refractivity (Wildman–Crippen MR) is 117 cm³/mol. The highest BCUT2D eigenvalue weighted by atomic mass is 35.5. The highest BCUT2D eigenvalue weighted by Gasteiger charge is 2.35. The van der Waals surface area contributed by atoms with Gasteiger partial charge in [-0.25, -0.2) is 8.42 Å². The minimum atomic E-state index is -3.67. The zero-order valence-corrected chi connectivity index (χ0v) is 19.0. The first-order valence-electron chi connectivity index (χ1n) is 9.91. The van der Waals surface area contributed by atoms with Gasteiger partial charge >= 0.3 is 0 Å². The second-order valence-electron chi connectivity index (χ2n) is 7.52. The second-order valence-corrected chi connectivity index (χ2v) is 9.90. The summed E-state index contributed by atoms with van der Waals surface area (Å²) in [5.41, 5.74) is 0.914. The first-order chi connectivity index (χ1) is 14.3. The van der Waals surface area contributed by atoms with Crippen LogP contribution in [0.25, 0.3) is 0 Å². The fourth-order valence-corrected chi connectivity index (χ4v) is 5.47. The highest BCUT2D eigenvalue weighted by Crippen LogP contribution is 2.31. The van der Waals surface area contributed by atoms with Gasteiger partial charge in [-0.15, -0.1) is 0 Å². The maximum Gasteiger partial charge on any atom is 0.243 e. The lowest BCUT2D eigenvalue weighted by Crippen LogP contribution is -2.46. The third-order valence-corrected chi connectivity index (χ3v) is 7.83. The van der Waals surface area contributed by atoms with Crippen LogP contribution in [-0.2, 0) is 14.8 Å². The quantitative estimate of drug-likeness (QED) is 0.667. The van der Waals surface area contributed by atoms with Gasteiger partial charge in [0.05, 0.1) is 24.0 Å². The Hall–Kier alpha value is -2.09. The number of sulfonamides is 1. The van der Waals surface area contributed by atoms with Crippen LogP contribution in [-0.4, -0.2) is 50.8 Å². The normalized spacial score (nSPS) is 18.6. The van der Waals surface area contributed by atoms with Crippen LogP contribution in [0.4, 0.5) is 0 Å². The summed E-state index contributed by atoms with van der Waals surface area (Å²) in [6.07, 6.45) is 1.30. The van der Waals surface area contributed by atoms with Crippen molar-refractivity contribution >= 4 is 27.5 Å². The monoisotopic (exact) mass is 450 g/mol. The Morgan fingerprint density at radius 1 is 1.20 bits per heavy atom. The molecule has 162 valence electrons. The van der Waals surface area contributed by atoms with Gasteiger partial charge in [-0.3, -0.25) is 4.79 Å². The highest BCUT2D eigenvalue weighted by molar-refractivity contribution is 7.89. The van der Waals surface area contributed by atoms with Crippen LogP contribution >= 0.6 is 11.6 Å². The van der Waals surface area contributed by atoms with E-state index in [0.29, 0.717) is 24.4 Å².